The van der Waals surface area contributed by atoms with E-state index in [1.165, 1.54) is 0 Å². The molecule has 2 heterocycles. The number of carbonyl (C=O) groups is 1. The molecule has 0 radical (unpaired) electrons. The molecule has 2 N–H and O–H groups in total. The van der Waals surface area contributed by atoms with Gasteiger partial charge in [-0.15, -0.1) is 10.2 Å². The zero-order valence-corrected chi connectivity index (χ0v) is 12.2. The number of carboxylic acids is 1. The van der Waals surface area contributed by atoms with Gasteiger partial charge in [0.15, 0.2) is 17.3 Å². The number of nitrogens with one attached hydrogen (secondary N) is 1. The molecular weight excluding hydrogens is 296 g/mol. The van der Waals surface area contributed by atoms with Crippen LogP contribution in [0.3, 0.4) is 0 Å². The normalized spacial score (nSPS) is 14.1. The van der Waals surface area contributed by atoms with E-state index in [4.69, 9.17) is 0 Å². The van der Waals surface area contributed by atoms with Crippen molar-refractivity contribution in [1.82, 2.24) is 24.7 Å². The van der Waals surface area contributed by atoms with Gasteiger partial charge in [-0.25, -0.2) is 14.8 Å². The van der Waals surface area contributed by atoms with Crippen molar-refractivity contribution in [3.63, 3.8) is 0 Å². The van der Waals surface area contributed by atoms with Gasteiger partial charge in [0.2, 0.25) is 0 Å². The summed E-state index contributed by atoms with van der Waals surface area (Å²) in [7, 11) is 0. The van der Waals surface area contributed by atoms with Crippen LogP contribution in [0.4, 0.5) is 5.82 Å². The third-order valence-electron chi connectivity index (χ3n) is 3.77. The number of benzene rings is 1. The van der Waals surface area contributed by atoms with Crippen LogP contribution in [0.5, 0.6) is 0 Å². The molecule has 4 rings (SSSR count). The maximum absolute atomic E-state index is 11.4. The van der Waals surface area contributed by atoms with Crippen molar-refractivity contribution in [3.05, 3.63) is 42.1 Å². The highest BCUT2D eigenvalue weighted by molar-refractivity contribution is 5.93. The van der Waals surface area contributed by atoms with Crippen LogP contribution in [0.25, 0.3) is 11.0 Å². The Balaban J connectivity index is 1.65. The number of rotatable bonds is 5. The summed E-state index contributed by atoms with van der Waals surface area (Å²) in [5.74, 6) is -0.116. The van der Waals surface area contributed by atoms with Crippen molar-refractivity contribution in [2.45, 2.75) is 25.4 Å². The first-order valence-corrected chi connectivity index (χ1v) is 7.34. The predicted molar refractivity (Wildman–Crippen MR) is 82.1 cm³/mol. The van der Waals surface area contributed by atoms with Crippen LogP contribution in [-0.4, -0.2) is 35.8 Å². The third kappa shape index (κ3) is 2.59. The predicted octanol–water partition coefficient (Wildman–Crippen LogP) is 1.87. The van der Waals surface area contributed by atoms with E-state index in [1.807, 2.05) is 10.6 Å². The fourth-order valence-electron chi connectivity index (χ4n) is 2.49. The third-order valence-corrected chi connectivity index (χ3v) is 3.77. The first-order chi connectivity index (χ1) is 11.2. The molecule has 0 amide bonds. The second-order valence-electron chi connectivity index (χ2n) is 5.45. The largest absolute Gasteiger partial charge is 0.476 e. The number of hydrogen-bond acceptors (Lipinski definition) is 6. The Hall–Kier alpha value is -3.03. The number of anilines is 1. The lowest BCUT2D eigenvalue weighted by Gasteiger charge is -2.10. The van der Waals surface area contributed by atoms with Crippen molar-refractivity contribution >= 4 is 22.8 Å². The molecule has 1 aromatic carbocycles. The number of aromatic nitrogens is 5. The van der Waals surface area contributed by atoms with Gasteiger partial charge in [-0.2, -0.15) is 0 Å². The molecule has 0 atom stereocenters. The zero-order valence-electron chi connectivity index (χ0n) is 12.2. The van der Waals surface area contributed by atoms with Gasteiger partial charge in [0, 0.05) is 6.04 Å². The molecule has 8 nitrogen and oxygen atoms in total. The second-order valence-corrected chi connectivity index (χ2v) is 5.45. The number of aromatic carboxylic acids is 1. The summed E-state index contributed by atoms with van der Waals surface area (Å²) >= 11 is 0. The highest BCUT2D eigenvalue weighted by Gasteiger charge is 2.26. The van der Waals surface area contributed by atoms with Crippen LogP contribution < -0.4 is 5.32 Å². The van der Waals surface area contributed by atoms with Crippen molar-refractivity contribution in [2.75, 3.05) is 5.32 Å². The Labute approximate surface area is 131 Å². The molecule has 0 aliphatic heterocycles. The summed E-state index contributed by atoms with van der Waals surface area (Å²) in [5, 5.41) is 20.4. The molecule has 1 aliphatic carbocycles. The van der Waals surface area contributed by atoms with Crippen LogP contribution in [0.1, 0.15) is 35.2 Å². The fourth-order valence-corrected chi connectivity index (χ4v) is 2.49. The molecule has 0 bridgehead atoms. The highest BCUT2D eigenvalue weighted by Crippen LogP contribution is 2.35. The topological polar surface area (TPSA) is 106 Å². The Morgan fingerprint density at radius 3 is 2.70 bits per heavy atom. The van der Waals surface area contributed by atoms with Crippen molar-refractivity contribution in [3.8, 4) is 0 Å². The highest BCUT2D eigenvalue weighted by atomic mass is 16.4. The van der Waals surface area contributed by atoms with Gasteiger partial charge in [0.25, 0.3) is 0 Å². The van der Waals surface area contributed by atoms with Crippen molar-refractivity contribution < 1.29 is 9.90 Å². The molecule has 0 saturated heterocycles. The molecule has 2 aromatic heterocycles. The van der Waals surface area contributed by atoms with E-state index < -0.39 is 5.97 Å². The first kappa shape index (κ1) is 13.6. The molecule has 23 heavy (non-hydrogen) atoms. The van der Waals surface area contributed by atoms with Crippen molar-refractivity contribution in [1.29, 1.82) is 0 Å². The van der Waals surface area contributed by atoms with E-state index in [2.05, 4.69) is 25.5 Å². The molecule has 116 valence electrons. The van der Waals surface area contributed by atoms with Gasteiger partial charge in [-0.3, -0.25) is 0 Å². The number of nitrogens with zero attached hydrogens (tertiary/aromatic N) is 5. The lowest BCUT2D eigenvalue weighted by atomic mass is 10.3. The molecular formula is C15H14N6O2. The van der Waals surface area contributed by atoms with Crippen LogP contribution >= 0.6 is 0 Å². The summed E-state index contributed by atoms with van der Waals surface area (Å²) in [6.07, 6.45) is 3.96. The summed E-state index contributed by atoms with van der Waals surface area (Å²) in [5.41, 5.74) is 1.10. The monoisotopic (exact) mass is 310 g/mol. The lowest BCUT2D eigenvalue weighted by Crippen LogP contribution is -2.13. The van der Waals surface area contributed by atoms with Crippen molar-refractivity contribution in [2.24, 2.45) is 0 Å². The Kier molecular flexibility index (Phi) is 3.14. The standard InChI is InChI=1S/C15H14N6O2/c22-15(23)13-14(19-11-4-2-1-3-10(11)18-13)16-7-12-20-17-8-21(12)9-5-6-9/h1-4,8-9H,5-7H2,(H,16,19)(H,22,23). The van der Waals surface area contributed by atoms with Crippen LogP contribution in [0.15, 0.2) is 30.6 Å². The number of para-hydroxylation sites is 2. The van der Waals surface area contributed by atoms with E-state index in [0.29, 0.717) is 23.6 Å². The lowest BCUT2D eigenvalue weighted by molar-refractivity contribution is 0.0691. The smallest absolute Gasteiger partial charge is 0.358 e. The Morgan fingerprint density at radius 2 is 2.00 bits per heavy atom. The van der Waals surface area contributed by atoms with Crippen LogP contribution in [0.2, 0.25) is 0 Å². The van der Waals surface area contributed by atoms with Crippen LogP contribution in [0, 0.1) is 0 Å². The van der Waals surface area contributed by atoms with Gasteiger partial charge in [0.1, 0.15) is 6.33 Å². The fraction of sp³-hybridized carbons (Fsp3) is 0.267. The molecule has 0 spiro atoms. The van der Waals surface area contributed by atoms with E-state index in [0.717, 1.165) is 18.7 Å². The number of carboxylic acid groups (broad SMARTS) is 1. The maximum Gasteiger partial charge on any atom is 0.358 e. The van der Waals surface area contributed by atoms with E-state index in [-0.39, 0.29) is 11.5 Å². The minimum Gasteiger partial charge on any atom is -0.476 e. The second kappa shape index (κ2) is 5.31. The van der Waals surface area contributed by atoms with Gasteiger partial charge >= 0.3 is 5.97 Å². The quantitative estimate of drug-likeness (QED) is 0.741. The molecule has 1 saturated carbocycles. The average Bonchev–Trinajstić information content (AvgIpc) is 3.30. The van der Waals surface area contributed by atoms with E-state index in [9.17, 15) is 9.90 Å². The number of fused-ring (bicyclic) bond motifs is 1. The van der Waals surface area contributed by atoms with Gasteiger partial charge in [-0.05, 0) is 25.0 Å². The van der Waals surface area contributed by atoms with Gasteiger partial charge in [-0.1, -0.05) is 12.1 Å². The molecule has 3 aromatic rings. The molecule has 0 unspecified atom stereocenters. The Bertz CT molecular complexity index is 887. The minimum atomic E-state index is -1.12. The Morgan fingerprint density at radius 1 is 1.26 bits per heavy atom. The summed E-state index contributed by atoms with van der Waals surface area (Å²) in [6, 6.07) is 7.64. The maximum atomic E-state index is 11.4. The van der Waals surface area contributed by atoms with E-state index in [1.54, 1.807) is 24.5 Å². The van der Waals surface area contributed by atoms with E-state index >= 15 is 0 Å². The number of hydrogen-bond donors (Lipinski definition) is 2. The van der Waals surface area contributed by atoms with Crippen LogP contribution in [-0.2, 0) is 6.54 Å². The minimum absolute atomic E-state index is 0.0961. The molecule has 8 heteroatoms. The molecule has 1 fully saturated rings. The molecule has 1 aliphatic rings. The summed E-state index contributed by atoms with van der Waals surface area (Å²) in [4.78, 5) is 20.0. The van der Waals surface area contributed by atoms with Gasteiger partial charge < -0.3 is 15.0 Å². The van der Waals surface area contributed by atoms with Gasteiger partial charge in [0.05, 0.1) is 17.6 Å². The summed E-state index contributed by atoms with van der Waals surface area (Å²) in [6.45, 7) is 0.351. The summed E-state index contributed by atoms with van der Waals surface area (Å²) < 4.78 is 2.02. The zero-order chi connectivity index (χ0) is 15.8. The first-order valence-electron chi connectivity index (χ1n) is 7.34. The average molecular weight is 310 g/mol. The SMILES string of the molecule is O=C(O)c1nc2ccccc2nc1NCc1nncn1C1CC1.